The third-order valence-corrected chi connectivity index (χ3v) is 6.26. The SMILES string of the molecule is Cc1c(Cl)cccc1S(=O)(=O)N(C)CC1CCNCC1. The quantitative estimate of drug-likeness (QED) is 0.927. The van der Waals surface area contributed by atoms with Crippen molar-refractivity contribution in [1.29, 1.82) is 0 Å². The summed E-state index contributed by atoms with van der Waals surface area (Å²) in [7, 11) is -1.81. The maximum absolute atomic E-state index is 12.6. The van der Waals surface area contributed by atoms with E-state index in [1.54, 1.807) is 32.2 Å². The summed E-state index contributed by atoms with van der Waals surface area (Å²) in [4.78, 5) is 0.307. The summed E-state index contributed by atoms with van der Waals surface area (Å²) >= 11 is 6.03. The molecule has 0 aromatic heterocycles. The van der Waals surface area contributed by atoms with Gasteiger partial charge in [-0.05, 0) is 56.5 Å². The molecule has 0 amide bonds. The number of piperidine rings is 1. The molecule has 1 heterocycles. The topological polar surface area (TPSA) is 49.4 Å². The Labute approximate surface area is 126 Å². The predicted molar refractivity (Wildman–Crippen MR) is 81.6 cm³/mol. The average molecular weight is 317 g/mol. The van der Waals surface area contributed by atoms with Crippen molar-refractivity contribution in [2.45, 2.75) is 24.7 Å². The lowest BCUT2D eigenvalue weighted by Gasteiger charge is -2.27. The molecule has 1 aromatic carbocycles. The van der Waals surface area contributed by atoms with E-state index in [1.165, 1.54) is 4.31 Å². The van der Waals surface area contributed by atoms with Crippen LogP contribution < -0.4 is 5.32 Å². The maximum Gasteiger partial charge on any atom is 0.243 e. The fourth-order valence-corrected chi connectivity index (χ4v) is 4.28. The minimum atomic E-state index is -3.46. The number of rotatable bonds is 4. The molecule has 6 heteroatoms. The maximum atomic E-state index is 12.6. The highest BCUT2D eigenvalue weighted by Crippen LogP contribution is 2.26. The van der Waals surface area contributed by atoms with Crippen LogP contribution in [-0.4, -0.2) is 39.4 Å². The van der Waals surface area contributed by atoms with Crippen molar-refractivity contribution in [2.24, 2.45) is 5.92 Å². The van der Waals surface area contributed by atoms with E-state index >= 15 is 0 Å². The molecule has 0 bridgehead atoms. The van der Waals surface area contributed by atoms with Gasteiger partial charge in [0.1, 0.15) is 0 Å². The second kappa shape index (κ2) is 6.43. The average Bonchev–Trinajstić information content (AvgIpc) is 2.42. The van der Waals surface area contributed by atoms with Crippen molar-refractivity contribution in [3.8, 4) is 0 Å². The van der Waals surface area contributed by atoms with E-state index in [9.17, 15) is 8.42 Å². The van der Waals surface area contributed by atoms with Crippen molar-refractivity contribution in [1.82, 2.24) is 9.62 Å². The summed E-state index contributed by atoms with van der Waals surface area (Å²) in [6.45, 7) is 4.24. The Morgan fingerprint density at radius 1 is 1.35 bits per heavy atom. The summed E-state index contributed by atoms with van der Waals surface area (Å²) in [5.74, 6) is 0.426. The highest BCUT2D eigenvalue weighted by Gasteiger charge is 2.26. The molecule has 1 aliphatic heterocycles. The smallest absolute Gasteiger partial charge is 0.243 e. The van der Waals surface area contributed by atoms with Gasteiger partial charge in [-0.1, -0.05) is 17.7 Å². The van der Waals surface area contributed by atoms with Crippen LogP contribution >= 0.6 is 11.6 Å². The van der Waals surface area contributed by atoms with Gasteiger partial charge in [0, 0.05) is 18.6 Å². The Balaban J connectivity index is 2.18. The van der Waals surface area contributed by atoms with Gasteiger partial charge in [-0.15, -0.1) is 0 Å². The van der Waals surface area contributed by atoms with Crippen LogP contribution in [0.4, 0.5) is 0 Å². The molecular weight excluding hydrogens is 296 g/mol. The monoisotopic (exact) mass is 316 g/mol. The van der Waals surface area contributed by atoms with Crippen molar-refractivity contribution in [3.63, 3.8) is 0 Å². The number of nitrogens with zero attached hydrogens (tertiary/aromatic N) is 1. The molecule has 20 heavy (non-hydrogen) atoms. The highest BCUT2D eigenvalue weighted by molar-refractivity contribution is 7.89. The van der Waals surface area contributed by atoms with Crippen LogP contribution in [0.25, 0.3) is 0 Å². The summed E-state index contributed by atoms with van der Waals surface area (Å²) in [5, 5.41) is 3.78. The van der Waals surface area contributed by atoms with E-state index in [0.29, 0.717) is 27.9 Å². The minimum Gasteiger partial charge on any atom is -0.317 e. The van der Waals surface area contributed by atoms with Crippen LogP contribution in [0.2, 0.25) is 5.02 Å². The zero-order valence-corrected chi connectivity index (χ0v) is 13.5. The van der Waals surface area contributed by atoms with Crippen molar-refractivity contribution < 1.29 is 8.42 Å². The lowest BCUT2D eigenvalue weighted by atomic mass is 9.98. The second-order valence-electron chi connectivity index (χ2n) is 5.34. The normalized spacial score (nSPS) is 17.6. The van der Waals surface area contributed by atoms with Crippen LogP contribution in [-0.2, 0) is 10.0 Å². The van der Waals surface area contributed by atoms with E-state index in [1.807, 2.05) is 0 Å². The van der Waals surface area contributed by atoms with Crippen molar-refractivity contribution in [3.05, 3.63) is 28.8 Å². The molecule has 1 saturated heterocycles. The molecule has 1 aromatic rings. The lowest BCUT2D eigenvalue weighted by Crippen LogP contribution is -2.37. The Hall–Kier alpha value is -0.620. The van der Waals surface area contributed by atoms with Gasteiger partial charge < -0.3 is 5.32 Å². The van der Waals surface area contributed by atoms with Gasteiger partial charge in [-0.2, -0.15) is 0 Å². The standard InChI is InChI=1S/C14H21ClN2O2S/c1-11-13(15)4-3-5-14(11)20(18,19)17(2)10-12-6-8-16-9-7-12/h3-5,12,16H,6-10H2,1-2H3. The van der Waals surface area contributed by atoms with Crippen LogP contribution in [0.5, 0.6) is 0 Å². The molecule has 0 saturated carbocycles. The van der Waals surface area contributed by atoms with E-state index in [-0.39, 0.29) is 0 Å². The molecular formula is C14H21ClN2O2S. The van der Waals surface area contributed by atoms with Crippen molar-refractivity contribution in [2.75, 3.05) is 26.7 Å². The third-order valence-electron chi connectivity index (χ3n) is 3.88. The number of nitrogens with one attached hydrogen (secondary N) is 1. The first-order valence-corrected chi connectivity index (χ1v) is 8.67. The molecule has 0 radical (unpaired) electrons. The number of hydrogen-bond acceptors (Lipinski definition) is 3. The fraction of sp³-hybridized carbons (Fsp3) is 0.571. The first-order valence-electron chi connectivity index (χ1n) is 6.85. The number of hydrogen-bond donors (Lipinski definition) is 1. The molecule has 0 aliphatic carbocycles. The molecule has 112 valence electrons. The highest BCUT2D eigenvalue weighted by atomic mass is 35.5. The van der Waals surface area contributed by atoms with Crippen molar-refractivity contribution >= 4 is 21.6 Å². The fourth-order valence-electron chi connectivity index (χ4n) is 2.56. The zero-order chi connectivity index (χ0) is 14.8. The summed E-state index contributed by atoms with van der Waals surface area (Å²) in [5.41, 5.74) is 0.617. The number of halogens is 1. The molecule has 1 fully saturated rings. The van der Waals surface area contributed by atoms with Gasteiger partial charge in [0.2, 0.25) is 10.0 Å². The lowest BCUT2D eigenvalue weighted by molar-refractivity contribution is 0.311. The van der Waals surface area contributed by atoms with Gasteiger partial charge in [0.05, 0.1) is 4.90 Å². The molecule has 0 unspecified atom stereocenters. The van der Waals surface area contributed by atoms with E-state index < -0.39 is 10.0 Å². The van der Waals surface area contributed by atoms with Gasteiger partial charge in [-0.25, -0.2) is 12.7 Å². The summed E-state index contributed by atoms with van der Waals surface area (Å²) in [6.07, 6.45) is 2.04. The molecule has 4 nitrogen and oxygen atoms in total. The summed E-state index contributed by atoms with van der Waals surface area (Å²) < 4.78 is 26.7. The summed E-state index contributed by atoms with van der Waals surface area (Å²) in [6, 6.07) is 5.01. The Kier molecular flexibility index (Phi) is 5.07. The van der Waals surface area contributed by atoms with Gasteiger partial charge in [-0.3, -0.25) is 0 Å². The molecule has 1 N–H and O–H groups in total. The molecule has 2 rings (SSSR count). The van der Waals surface area contributed by atoms with E-state index in [2.05, 4.69) is 5.32 Å². The minimum absolute atomic E-state index is 0.307. The Morgan fingerprint density at radius 3 is 2.65 bits per heavy atom. The van der Waals surface area contributed by atoms with Gasteiger partial charge in [0.25, 0.3) is 0 Å². The first-order chi connectivity index (χ1) is 9.43. The second-order valence-corrected chi connectivity index (χ2v) is 7.76. The number of sulfonamides is 1. The first kappa shape index (κ1) is 15.8. The number of benzene rings is 1. The van der Waals surface area contributed by atoms with Crippen LogP contribution in [0.3, 0.4) is 0 Å². The largest absolute Gasteiger partial charge is 0.317 e. The Bertz CT molecular complexity index is 569. The van der Waals surface area contributed by atoms with E-state index in [4.69, 9.17) is 11.6 Å². The zero-order valence-electron chi connectivity index (χ0n) is 11.9. The molecule has 1 aliphatic rings. The van der Waals surface area contributed by atoms with Gasteiger partial charge in [0.15, 0.2) is 0 Å². The Morgan fingerprint density at radius 2 is 2.00 bits per heavy atom. The predicted octanol–water partition coefficient (Wildman–Crippen LogP) is 2.27. The van der Waals surface area contributed by atoms with Crippen LogP contribution in [0.1, 0.15) is 18.4 Å². The van der Waals surface area contributed by atoms with Crippen LogP contribution in [0, 0.1) is 12.8 Å². The van der Waals surface area contributed by atoms with Gasteiger partial charge >= 0.3 is 0 Å². The third kappa shape index (κ3) is 3.34. The molecule has 0 spiro atoms. The molecule has 0 atom stereocenters. The van der Waals surface area contributed by atoms with Crippen LogP contribution in [0.15, 0.2) is 23.1 Å². The van der Waals surface area contributed by atoms with E-state index in [0.717, 1.165) is 25.9 Å².